The van der Waals surface area contributed by atoms with Crippen LogP contribution in [0.4, 0.5) is 18.4 Å². The van der Waals surface area contributed by atoms with Crippen LogP contribution in [0.1, 0.15) is 108 Å². The fourth-order valence-corrected chi connectivity index (χ4v) is 10.5. The monoisotopic (exact) mass is 868 g/mol. The van der Waals surface area contributed by atoms with Crippen molar-refractivity contribution in [2.45, 2.75) is 121 Å². The molecule has 4 aliphatic rings. The van der Waals surface area contributed by atoms with E-state index in [1.54, 1.807) is 12.4 Å². The Kier molecular flexibility index (Phi) is 12.4. The van der Waals surface area contributed by atoms with E-state index in [1.807, 2.05) is 39.8 Å². The first-order valence-electron chi connectivity index (χ1n) is 22.2. The number of nitrogens with zero attached hydrogens (tertiary/aromatic N) is 4. The van der Waals surface area contributed by atoms with E-state index in [4.69, 9.17) is 14.5 Å². The highest BCUT2D eigenvalue weighted by Gasteiger charge is 2.45. The molecule has 1 spiro atoms. The fraction of sp³-hybridized carbons (Fsp3) is 0.532. The molecule has 4 aromatic rings. The van der Waals surface area contributed by atoms with Gasteiger partial charge in [0, 0.05) is 18.4 Å². The van der Waals surface area contributed by atoms with Crippen LogP contribution in [0, 0.1) is 11.8 Å². The minimum absolute atomic E-state index is 0.0644. The van der Waals surface area contributed by atoms with Gasteiger partial charge in [-0.1, -0.05) is 76.9 Å². The number of imidazole rings is 2. The van der Waals surface area contributed by atoms with Gasteiger partial charge in [0.15, 0.2) is 0 Å². The number of hydrogen-bond donors (Lipinski definition) is 4. The first-order chi connectivity index (χ1) is 30.2. The summed E-state index contributed by atoms with van der Waals surface area (Å²) in [6.45, 7) is 7.09. The number of fused-ring (bicyclic) bond motifs is 2. The number of halogens is 2. The van der Waals surface area contributed by atoms with Crippen molar-refractivity contribution in [1.29, 1.82) is 0 Å². The second-order valence-corrected chi connectivity index (χ2v) is 18.3. The minimum atomic E-state index is -1.23. The van der Waals surface area contributed by atoms with Crippen molar-refractivity contribution >= 4 is 24.0 Å². The quantitative estimate of drug-likeness (QED) is 0.118. The molecular weight excluding hydrogens is 811 g/mol. The smallest absolute Gasteiger partial charge is 0.407 e. The van der Waals surface area contributed by atoms with Gasteiger partial charge in [0.05, 0.1) is 63.2 Å². The van der Waals surface area contributed by atoms with Crippen LogP contribution in [0.15, 0.2) is 48.8 Å². The molecule has 4 amide bonds. The molecule has 2 aliphatic carbocycles. The topological polar surface area (TPSA) is 175 Å². The highest BCUT2D eigenvalue weighted by molar-refractivity contribution is 5.87. The molecule has 63 heavy (non-hydrogen) atoms. The van der Waals surface area contributed by atoms with E-state index in [2.05, 4.69) is 49.9 Å². The van der Waals surface area contributed by atoms with E-state index < -0.39 is 48.7 Å². The lowest BCUT2D eigenvalue weighted by molar-refractivity contribution is -0.136. The summed E-state index contributed by atoms with van der Waals surface area (Å²) in [4.78, 5) is 70.7. The van der Waals surface area contributed by atoms with E-state index in [0.29, 0.717) is 11.6 Å². The van der Waals surface area contributed by atoms with Crippen LogP contribution in [0.3, 0.4) is 0 Å². The zero-order valence-electron chi connectivity index (χ0n) is 36.8. The third-order valence-corrected chi connectivity index (χ3v) is 13.7. The lowest BCUT2D eigenvalue weighted by Crippen LogP contribution is -2.51. The van der Waals surface area contributed by atoms with Gasteiger partial charge in [-0.3, -0.25) is 9.59 Å². The number of carbonyl (C=O) groups is 4. The minimum Gasteiger partial charge on any atom is -0.453 e. The average Bonchev–Trinajstić information content (AvgIpc) is 4.14. The molecular formula is C47H58F2N8O6. The maximum Gasteiger partial charge on any atom is 0.407 e. The summed E-state index contributed by atoms with van der Waals surface area (Å²) in [5.41, 5.74) is 8.48. The van der Waals surface area contributed by atoms with Crippen molar-refractivity contribution in [3.05, 3.63) is 71.6 Å². The molecule has 0 bridgehead atoms. The van der Waals surface area contributed by atoms with Crippen molar-refractivity contribution < 1.29 is 37.4 Å². The number of nitrogens with one attached hydrogen (secondary N) is 4. The summed E-state index contributed by atoms with van der Waals surface area (Å²) < 4.78 is 39.5. The lowest BCUT2D eigenvalue weighted by Gasteiger charge is -2.29. The van der Waals surface area contributed by atoms with E-state index in [9.17, 15) is 23.6 Å². The second kappa shape index (κ2) is 17.8. The fourth-order valence-electron chi connectivity index (χ4n) is 10.5. The third kappa shape index (κ3) is 8.40. The van der Waals surface area contributed by atoms with Gasteiger partial charge in [0.2, 0.25) is 11.8 Å². The number of alkyl halides is 2. The number of alkyl carbamates (subject to hydrolysis) is 2. The molecule has 4 heterocycles. The van der Waals surface area contributed by atoms with Gasteiger partial charge in [-0.05, 0) is 70.8 Å². The van der Waals surface area contributed by atoms with E-state index in [0.717, 1.165) is 53.8 Å². The van der Waals surface area contributed by atoms with E-state index in [-0.39, 0.29) is 55.0 Å². The predicted octanol–water partition coefficient (Wildman–Crippen LogP) is 7.88. The standard InChI is InChI=1S/C47H58F2N8O6/c1-25(2)39(54-45(60)62-5)43(58)56-23-29(48)19-36(56)41-50-21-34(52-41)28-11-9-27(10-12-28)31-13-14-32(33-15-18-47(38(31)33)16-7-8-17-47)35-22-51-42(53-35)37-20-30(49)24-57(37)44(59)40(26(3)4)55-46(61)63-6/h9-14,21-22,25-26,29-30,36-37,39-40H,7-8,15-20,23-24H2,1-6H3,(H,50,52)(H,51,53)(H,54,60)(H,55,61)/t29-,30-,36+,37+,39+,40+/m1/s1. The summed E-state index contributed by atoms with van der Waals surface area (Å²) in [6, 6.07) is 9.66. The molecule has 2 aromatic heterocycles. The van der Waals surface area contributed by atoms with Gasteiger partial charge >= 0.3 is 12.2 Å². The Morgan fingerprint density at radius 3 is 1.68 bits per heavy atom. The van der Waals surface area contributed by atoms with Crippen LogP contribution in [0.5, 0.6) is 0 Å². The zero-order chi connectivity index (χ0) is 44.7. The van der Waals surface area contributed by atoms with Crippen molar-refractivity contribution in [3.8, 4) is 33.6 Å². The molecule has 14 nitrogen and oxygen atoms in total. The van der Waals surface area contributed by atoms with Crippen LogP contribution >= 0.6 is 0 Å². The molecule has 6 atom stereocenters. The summed E-state index contributed by atoms with van der Waals surface area (Å²) >= 11 is 0. The molecule has 4 N–H and O–H groups in total. The molecule has 8 rings (SSSR count). The molecule has 0 radical (unpaired) electrons. The van der Waals surface area contributed by atoms with Gasteiger partial charge in [0.1, 0.15) is 36.1 Å². The third-order valence-electron chi connectivity index (χ3n) is 13.7. The average molecular weight is 869 g/mol. The molecule has 2 aromatic carbocycles. The highest BCUT2D eigenvalue weighted by Crippen LogP contribution is 2.55. The Labute approximate surface area is 366 Å². The number of aromatic amines is 2. The molecule has 0 unspecified atom stereocenters. The number of ether oxygens (including phenoxy) is 2. The number of carbonyl (C=O) groups excluding carboxylic acids is 4. The van der Waals surface area contributed by atoms with Gasteiger partial charge in [-0.25, -0.2) is 28.3 Å². The Bertz CT molecular complexity index is 2340. The van der Waals surface area contributed by atoms with E-state index in [1.165, 1.54) is 53.6 Å². The summed E-state index contributed by atoms with van der Waals surface area (Å²) in [5.74, 6) is -0.267. The molecule has 2 saturated heterocycles. The molecule has 1 saturated carbocycles. The number of likely N-dealkylation sites (tertiary alicyclic amines) is 2. The predicted molar refractivity (Wildman–Crippen MR) is 232 cm³/mol. The van der Waals surface area contributed by atoms with Crippen LogP contribution in [0.2, 0.25) is 0 Å². The number of amides is 4. The summed E-state index contributed by atoms with van der Waals surface area (Å²) in [5, 5.41) is 5.23. The summed E-state index contributed by atoms with van der Waals surface area (Å²) in [6.07, 6.45) is 6.32. The largest absolute Gasteiger partial charge is 0.453 e. The SMILES string of the molecule is COC(=O)N[C@H](C(=O)N1C[C@H](F)C[C@H]1c1ncc(-c2ccc(-c3ccc(-c4cnc([C@@H]5C[C@@H](F)CN5C(=O)[C@@H](NC(=O)OC)C(C)C)[nH]4)c4c3C3(CCCC3)CC4)cc2)[nH]1)C(C)C. The van der Waals surface area contributed by atoms with Crippen LogP contribution in [-0.2, 0) is 30.9 Å². The number of rotatable bonds is 11. The Morgan fingerprint density at radius 2 is 1.17 bits per heavy atom. The second-order valence-electron chi connectivity index (χ2n) is 18.3. The van der Waals surface area contributed by atoms with Gasteiger partial charge in [0.25, 0.3) is 0 Å². The lowest BCUT2D eigenvalue weighted by atomic mass is 9.76. The Morgan fingerprint density at radius 1 is 0.698 bits per heavy atom. The first kappa shape index (κ1) is 43.8. The Balaban J connectivity index is 1.05. The number of hydrogen-bond acceptors (Lipinski definition) is 8. The number of benzene rings is 2. The van der Waals surface area contributed by atoms with Crippen LogP contribution in [-0.4, -0.2) is 105 Å². The maximum atomic E-state index is 15.1. The number of methoxy groups -OCH3 is 2. The molecule has 336 valence electrons. The zero-order valence-corrected chi connectivity index (χ0v) is 36.8. The highest BCUT2D eigenvalue weighted by atomic mass is 19.1. The Hall–Kier alpha value is -5.80. The normalized spacial score (nSPS) is 22.4. The molecule has 3 fully saturated rings. The van der Waals surface area contributed by atoms with Crippen molar-refractivity contribution in [3.63, 3.8) is 0 Å². The van der Waals surface area contributed by atoms with Crippen molar-refractivity contribution in [2.24, 2.45) is 11.8 Å². The number of aromatic nitrogens is 4. The van der Waals surface area contributed by atoms with Crippen molar-refractivity contribution in [2.75, 3.05) is 27.3 Å². The number of H-pyrrole nitrogens is 2. The van der Waals surface area contributed by atoms with Crippen LogP contribution < -0.4 is 10.6 Å². The van der Waals surface area contributed by atoms with Crippen LogP contribution in [0.25, 0.3) is 33.6 Å². The van der Waals surface area contributed by atoms with E-state index >= 15 is 4.39 Å². The van der Waals surface area contributed by atoms with Crippen molar-refractivity contribution in [1.82, 2.24) is 40.4 Å². The molecule has 16 heteroatoms. The summed E-state index contributed by atoms with van der Waals surface area (Å²) in [7, 11) is 2.48. The maximum absolute atomic E-state index is 15.1. The van der Waals surface area contributed by atoms with Gasteiger partial charge < -0.3 is 39.9 Å². The molecule has 2 aliphatic heterocycles. The first-order valence-corrected chi connectivity index (χ1v) is 22.2. The van der Waals surface area contributed by atoms with Gasteiger partial charge in [-0.2, -0.15) is 0 Å². The van der Waals surface area contributed by atoms with Gasteiger partial charge in [-0.15, -0.1) is 0 Å².